The van der Waals surface area contributed by atoms with Gasteiger partial charge in [0.05, 0.1) is 0 Å². The molecular formula is C7H14N2O2. The minimum absolute atomic E-state index is 0.0842. The van der Waals surface area contributed by atoms with Gasteiger partial charge in [-0.3, -0.25) is 9.69 Å². The highest BCUT2D eigenvalue weighted by Crippen LogP contribution is 1.93. The van der Waals surface area contributed by atoms with Crippen molar-refractivity contribution in [3.8, 4) is 0 Å². The molecule has 0 unspecified atom stereocenters. The summed E-state index contributed by atoms with van der Waals surface area (Å²) in [7, 11) is 0. The van der Waals surface area contributed by atoms with E-state index in [4.69, 9.17) is 0 Å². The van der Waals surface area contributed by atoms with Crippen LogP contribution in [0.15, 0.2) is 0 Å². The van der Waals surface area contributed by atoms with Crippen molar-refractivity contribution in [2.45, 2.75) is 26.8 Å². The van der Waals surface area contributed by atoms with Crippen molar-refractivity contribution in [3.63, 3.8) is 0 Å². The van der Waals surface area contributed by atoms with Crippen LogP contribution < -0.4 is 5.32 Å². The van der Waals surface area contributed by atoms with Crippen molar-refractivity contribution in [1.29, 1.82) is 0 Å². The highest BCUT2D eigenvalue weighted by atomic mass is 16.2. The fraction of sp³-hybridized carbons (Fsp3) is 0.714. The summed E-state index contributed by atoms with van der Waals surface area (Å²) < 4.78 is 0. The Kier molecular flexibility index (Phi) is 4.26. The SMILES string of the molecule is CCNC(=O)N(C=O)C(C)C. The van der Waals surface area contributed by atoms with Gasteiger partial charge < -0.3 is 5.32 Å². The van der Waals surface area contributed by atoms with Crippen LogP contribution in [0.2, 0.25) is 0 Å². The van der Waals surface area contributed by atoms with Gasteiger partial charge in [0.25, 0.3) is 0 Å². The van der Waals surface area contributed by atoms with Crippen LogP contribution in [0, 0.1) is 0 Å². The average molecular weight is 158 g/mol. The minimum atomic E-state index is -0.336. The van der Waals surface area contributed by atoms with Crippen LogP contribution in [0.1, 0.15) is 20.8 Å². The molecule has 0 fully saturated rings. The van der Waals surface area contributed by atoms with Gasteiger partial charge in [0.1, 0.15) is 0 Å². The predicted molar refractivity (Wildman–Crippen MR) is 42.1 cm³/mol. The molecule has 0 rings (SSSR count). The van der Waals surface area contributed by atoms with Crippen LogP contribution in [0.4, 0.5) is 4.79 Å². The zero-order chi connectivity index (χ0) is 8.85. The van der Waals surface area contributed by atoms with E-state index < -0.39 is 0 Å². The van der Waals surface area contributed by atoms with Gasteiger partial charge in [-0.1, -0.05) is 0 Å². The highest BCUT2D eigenvalue weighted by Gasteiger charge is 2.13. The summed E-state index contributed by atoms with van der Waals surface area (Å²) >= 11 is 0. The molecule has 3 amide bonds. The molecule has 4 nitrogen and oxygen atoms in total. The summed E-state index contributed by atoms with van der Waals surface area (Å²) in [6.07, 6.45) is 0.537. The molecule has 0 atom stereocenters. The molecule has 64 valence electrons. The second-order valence-electron chi connectivity index (χ2n) is 2.44. The Bertz CT molecular complexity index is 145. The first kappa shape index (κ1) is 9.94. The van der Waals surface area contributed by atoms with Crippen LogP contribution in [-0.4, -0.2) is 29.9 Å². The van der Waals surface area contributed by atoms with Crippen molar-refractivity contribution >= 4 is 12.4 Å². The normalized spacial score (nSPS) is 9.45. The molecule has 0 aliphatic rings. The lowest BCUT2D eigenvalue weighted by molar-refractivity contribution is -0.116. The first-order valence-corrected chi connectivity index (χ1v) is 3.65. The maximum Gasteiger partial charge on any atom is 0.324 e. The number of amides is 3. The first-order valence-electron chi connectivity index (χ1n) is 3.65. The Morgan fingerprint density at radius 2 is 2.18 bits per heavy atom. The second-order valence-corrected chi connectivity index (χ2v) is 2.44. The maximum atomic E-state index is 11.0. The van der Waals surface area contributed by atoms with E-state index in [0.29, 0.717) is 13.0 Å². The van der Waals surface area contributed by atoms with E-state index in [2.05, 4.69) is 5.32 Å². The summed E-state index contributed by atoms with van der Waals surface area (Å²) in [6, 6.07) is -0.420. The smallest absolute Gasteiger partial charge is 0.324 e. The molecule has 0 aliphatic heterocycles. The molecule has 0 heterocycles. The molecule has 0 aromatic heterocycles. The van der Waals surface area contributed by atoms with Crippen LogP contribution in [0.5, 0.6) is 0 Å². The molecule has 0 aromatic rings. The topological polar surface area (TPSA) is 49.4 Å². The molecule has 0 aromatic carbocycles. The van der Waals surface area contributed by atoms with E-state index in [9.17, 15) is 9.59 Å². The number of imide groups is 1. The molecule has 0 saturated carbocycles. The lowest BCUT2D eigenvalue weighted by Crippen LogP contribution is -2.42. The van der Waals surface area contributed by atoms with Crippen molar-refractivity contribution in [3.05, 3.63) is 0 Å². The fourth-order valence-corrected chi connectivity index (χ4v) is 0.647. The van der Waals surface area contributed by atoms with Gasteiger partial charge in [-0.15, -0.1) is 0 Å². The average Bonchev–Trinajstić information content (AvgIpc) is 1.88. The number of nitrogens with zero attached hydrogens (tertiary/aromatic N) is 1. The van der Waals surface area contributed by atoms with E-state index in [0.717, 1.165) is 4.90 Å². The number of rotatable bonds is 3. The molecule has 1 N–H and O–H groups in total. The van der Waals surface area contributed by atoms with Gasteiger partial charge in [-0.25, -0.2) is 4.79 Å². The molecule has 0 bridgehead atoms. The number of hydrogen-bond acceptors (Lipinski definition) is 2. The molecule has 0 radical (unpaired) electrons. The molecule has 0 spiro atoms. The van der Waals surface area contributed by atoms with Gasteiger partial charge >= 0.3 is 6.03 Å². The molecule has 0 saturated heterocycles. The first-order chi connectivity index (χ1) is 5.13. The quantitative estimate of drug-likeness (QED) is 0.611. The third-order valence-electron chi connectivity index (χ3n) is 1.23. The van der Waals surface area contributed by atoms with Gasteiger partial charge in [0, 0.05) is 12.6 Å². The Morgan fingerprint density at radius 1 is 1.64 bits per heavy atom. The number of carbonyl (C=O) groups is 2. The maximum absolute atomic E-state index is 11.0. The van der Waals surface area contributed by atoms with E-state index in [1.54, 1.807) is 20.8 Å². The lowest BCUT2D eigenvalue weighted by atomic mass is 10.4. The van der Waals surface area contributed by atoms with E-state index in [-0.39, 0.29) is 12.1 Å². The molecule has 11 heavy (non-hydrogen) atoms. The van der Waals surface area contributed by atoms with Gasteiger partial charge in [0.2, 0.25) is 6.41 Å². The molecule has 4 heteroatoms. The molecular weight excluding hydrogens is 144 g/mol. The zero-order valence-corrected chi connectivity index (χ0v) is 7.13. The third kappa shape index (κ3) is 3.02. The van der Waals surface area contributed by atoms with E-state index >= 15 is 0 Å². The zero-order valence-electron chi connectivity index (χ0n) is 7.13. The van der Waals surface area contributed by atoms with Crippen LogP contribution in [-0.2, 0) is 4.79 Å². The van der Waals surface area contributed by atoms with Crippen molar-refractivity contribution in [2.24, 2.45) is 0 Å². The molecule has 0 aliphatic carbocycles. The predicted octanol–water partition coefficient (Wildman–Crippen LogP) is 0.583. The van der Waals surface area contributed by atoms with Crippen LogP contribution in [0.25, 0.3) is 0 Å². The van der Waals surface area contributed by atoms with Gasteiger partial charge in [0.15, 0.2) is 0 Å². The Hall–Kier alpha value is -1.06. The Morgan fingerprint density at radius 3 is 2.45 bits per heavy atom. The van der Waals surface area contributed by atoms with Crippen LogP contribution in [0.3, 0.4) is 0 Å². The van der Waals surface area contributed by atoms with Gasteiger partial charge in [-0.2, -0.15) is 0 Å². The van der Waals surface area contributed by atoms with E-state index in [1.807, 2.05) is 0 Å². The lowest BCUT2D eigenvalue weighted by Gasteiger charge is -2.19. The summed E-state index contributed by atoms with van der Waals surface area (Å²) in [5, 5.41) is 2.53. The minimum Gasteiger partial charge on any atom is -0.338 e. The van der Waals surface area contributed by atoms with Crippen molar-refractivity contribution in [1.82, 2.24) is 10.2 Å². The van der Waals surface area contributed by atoms with Crippen molar-refractivity contribution < 1.29 is 9.59 Å². The monoisotopic (exact) mass is 158 g/mol. The fourth-order valence-electron chi connectivity index (χ4n) is 0.647. The number of hydrogen-bond donors (Lipinski definition) is 1. The number of nitrogens with one attached hydrogen (secondary N) is 1. The standard InChI is InChI=1S/C7H14N2O2/c1-4-8-7(11)9(5-10)6(2)3/h5-6H,4H2,1-3H3,(H,8,11). The van der Waals surface area contributed by atoms with Crippen molar-refractivity contribution in [2.75, 3.05) is 6.54 Å². The Balaban J connectivity index is 4.03. The van der Waals surface area contributed by atoms with Crippen LogP contribution >= 0.6 is 0 Å². The van der Waals surface area contributed by atoms with Gasteiger partial charge in [-0.05, 0) is 20.8 Å². The number of urea groups is 1. The third-order valence-corrected chi connectivity index (χ3v) is 1.23. The summed E-state index contributed by atoms with van der Waals surface area (Å²) in [5.74, 6) is 0. The summed E-state index contributed by atoms with van der Waals surface area (Å²) in [5.41, 5.74) is 0. The second kappa shape index (κ2) is 4.71. The largest absolute Gasteiger partial charge is 0.338 e. The summed E-state index contributed by atoms with van der Waals surface area (Å²) in [4.78, 5) is 22.4. The van der Waals surface area contributed by atoms with E-state index in [1.165, 1.54) is 0 Å². The Labute approximate surface area is 66.6 Å². The summed E-state index contributed by atoms with van der Waals surface area (Å²) in [6.45, 7) is 5.91. The number of carbonyl (C=O) groups excluding carboxylic acids is 2. The highest BCUT2D eigenvalue weighted by molar-refractivity contribution is 5.84.